The number of anilines is 1. The Morgan fingerprint density at radius 1 is 1.23 bits per heavy atom. The number of hydrogen-bond acceptors (Lipinski definition) is 5. The molecule has 0 aliphatic carbocycles. The number of nitrogens with one attached hydrogen (secondary N) is 1. The molecule has 2 N–H and O–H groups in total. The second-order valence-electron chi connectivity index (χ2n) is 6.17. The zero-order chi connectivity index (χ0) is 15.7. The molecule has 116 valence electrons. The van der Waals surface area contributed by atoms with Gasteiger partial charge in [-0.25, -0.2) is 0 Å². The van der Waals surface area contributed by atoms with Gasteiger partial charge in [0, 0.05) is 18.2 Å². The Kier molecular flexibility index (Phi) is 3.98. The summed E-state index contributed by atoms with van der Waals surface area (Å²) in [5.41, 5.74) is 3.50. The Labute approximate surface area is 131 Å². The lowest BCUT2D eigenvalue weighted by Gasteiger charge is -2.13. The summed E-state index contributed by atoms with van der Waals surface area (Å²) < 4.78 is 0. The van der Waals surface area contributed by atoms with Crippen molar-refractivity contribution < 1.29 is 5.11 Å². The molecule has 1 saturated heterocycles. The van der Waals surface area contributed by atoms with Crippen molar-refractivity contribution in [2.45, 2.75) is 26.3 Å². The summed E-state index contributed by atoms with van der Waals surface area (Å²) in [6.45, 7) is 6.08. The van der Waals surface area contributed by atoms with E-state index in [1.807, 2.05) is 32.0 Å². The van der Waals surface area contributed by atoms with Crippen LogP contribution >= 0.6 is 0 Å². The number of likely N-dealkylation sites (N-methyl/N-ethyl adjacent to an activating group) is 1. The first kappa shape index (κ1) is 14.8. The van der Waals surface area contributed by atoms with E-state index in [1.165, 1.54) is 0 Å². The van der Waals surface area contributed by atoms with E-state index in [0.29, 0.717) is 11.7 Å². The maximum absolute atomic E-state index is 10.2. The van der Waals surface area contributed by atoms with Crippen molar-refractivity contribution in [3.8, 4) is 17.0 Å². The predicted molar refractivity (Wildman–Crippen MR) is 88.1 cm³/mol. The van der Waals surface area contributed by atoms with E-state index in [-0.39, 0.29) is 5.75 Å². The molecule has 5 heteroatoms. The van der Waals surface area contributed by atoms with Gasteiger partial charge in [-0.15, -0.1) is 10.2 Å². The van der Waals surface area contributed by atoms with Crippen LogP contribution in [-0.2, 0) is 0 Å². The number of phenolic OH excluding ortho intramolecular Hbond substituents is 1. The van der Waals surface area contributed by atoms with Gasteiger partial charge in [0.05, 0.1) is 5.69 Å². The Hall–Kier alpha value is -2.14. The third-order valence-electron chi connectivity index (χ3n) is 4.12. The predicted octanol–water partition coefficient (Wildman–Crippen LogP) is 2.58. The van der Waals surface area contributed by atoms with Crippen LogP contribution in [-0.4, -0.2) is 46.4 Å². The normalized spacial score (nSPS) is 18.6. The average molecular weight is 298 g/mol. The quantitative estimate of drug-likeness (QED) is 0.912. The summed E-state index contributed by atoms with van der Waals surface area (Å²) in [5, 5.41) is 22.1. The average Bonchev–Trinajstić information content (AvgIpc) is 2.85. The number of rotatable bonds is 3. The number of phenols is 1. The van der Waals surface area contributed by atoms with Crippen molar-refractivity contribution in [3.05, 3.63) is 35.4 Å². The van der Waals surface area contributed by atoms with Crippen molar-refractivity contribution >= 4 is 5.82 Å². The van der Waals surface area contributed by atoms with Crippen molar-refractivity contribution in [1.29, 1.82) is 0 Å². The van der Waals surface area contributed by atoms with Gasteiger partial charge in [-0.3, -0.25) is 0 Å². The number of aromatic nitrogens is 2. The fraction of sp³-hybridized carbons (Fsp3) is 0.412. The summed E-state index contributed by atoms with van der Waals surface area (Å²) >= 11 is 0. The Balaban J connectivity index is 1.80. The first-order valence-corrected chi connectivity index (χ1v) is 7.62. The Bertz CT molecular complexity index is 646. The maximum Gasteiger partial charge on any atom is 0.148 e. The number of nitrogens with zero attached hydrogens (tertiary/aromatic N) is 3. The lowest BCUT2D eigenvalue weighted by Crippen LogP contribution is -2.24. The van der Waals surface area contributed by atoms with Crippen LogP contribution < -0.4 is 5.32 Å². The topological polar surface area (TPSA) is 61.3 Å². The van der Waals surface area contributed by atoms with Gasteiger partial charge in [-0.2, -0.15) is 0 Å². The lowest BCUT2D eigenvalue weighted by atomic mass is 10.0. The fourth-order valence-electron chi connectivity index (χ4n) is 3.08. The minimum Gasteiger partial charge on any atom is -0.507 e. The zero-order valence-corrected chi connectivity index (χ0v) is 13.3. The van der Waals surface area contributed by atoms with E-state index >= 15 is 0 Å². The molecule has 0 amide bonds. The highest BCUT2D eigenvalue weighted by Gasteiger charge is 2.19. The molecule has 1 aliphatic heterocycles. The highest BCUT2D eigenvalue weighted by Crippen LogP contribution is 2.32. The van der Waals surface area contributed by atoms with Crippen LogP contribution in [0.2, 0.25) is 0 Å². The number of hydrogen-bond donors (Lipinski definition) is 2. The van der Waals surface area contributed by atoms with Crippen LogP contribution in [0.3, 0.4) is 0 Å². The molecular weight excluding hydrogens is 276 g/mol. The van der Waals surface area contributed by atoms with Crippen LogP contribution in [0.5, 0.6) is 5.75 Å². The SMILES string of the molecule is Cc1cc(C)c(-c2ccc(N[C@@H]3CCN(C)C3)nn2)c(O)c1. The largest absolute Gasteiger partial charge is 0.507 e. The van der Waals surface area contributed by atoms with Crippen LogP contribution in [0.4, 0.5) is 5.82 Å². The molecule has 3 rings (SSSR count). The lowest BCUT2D eigenvalue weighted by molar-refractivity contribution is 0.414. The van der Waals surface area contributed by atoms with Gasteiger partial charge in [-0.05, 0) is 63.2 Å². The van der Waals surface area contributed by atoms with E-state index in [2.05, 4.69) is 27.5 Å². The highest BCUT2D eigenvalue weighted by molar-refractivity contribution is 5.71. The van der Waals surface area contributed by atoms with Crippen molar-refractivity contribution in [2.24, 2.45) is 0 Å². The number of likely N-dealkylation sites (tertiary alicyclic amines) is 1. The van der Waals surface area contributed by atoms with Gasteiger partial charge in [0.25, 0.3) is 0 Å². The van der Waals surface area contributed by atoms with Gasteiger partial charge in [0.1, 0.15) is 11.6 Å². The summed E-state index contributed by atoms with van der Waals surface area (Å²) in [5.74, 6) is 1.04. The van der Waals surface area contributed by atoms with Crippen molar-refractivity contribution in [1.82, 2.24) is 15.1 Å². The Morgan fingerprint density at radius 2 is 2.05 bits per heavy atom. The molecule has 0 saturated carbocycles. The van der Waals surface area contributed by atoms with Gasteiger partial charge >= 0.3 is 0 Å². The molecule has 1 atom stereocenters. The summed E-state index contributed by atoms with van der Waals surface area (Å²) in [6, 6.07) is 8.06. The smallest absolute Gasteiger partial charge is 0.148 e. The monoisotopic (exact) mass is 298 g/mol. The zero-order valence-electron chi connectivity index (χ0n) is 13.3. The van der Waals surface area contributed by atoms with E-state index in [0.717, 1.165) is 42.0 Å². The molecule has 0 radical (unpaired) electrons. The molecule has 2 heterocycles. The minimum absolute atomic E-state index is 0.255. The second kappa shape index (κ2) is 5.93. The molecule has 1 aliphatic rings. The molecule has 2 aromatic rings. The summed E-state index contributed by atoms with van der Waals surface area (Å²) in [7, 11) is 2.12. The number of benzene rings is 1. The van der Waals surface area contributed by atoms with Gasteiger partial charge in [-0.1, -0.05) is 6.07 Å². The van der Waals surface area contributed by atoms with Crippen LogP contribution in [0.25, 0.3) is 11.3 Å². The minimum atomic E-state index is 0.255. The van der Waals surface area contributed by atoms with Crippen molar-refractivity contribution in [2.75, 3.05) is 25.5 Å². The van der Waals surface area contributed by atoms with Gasteiger partial charge < -0.3 is 15.3 Å². The van der Waals surface area contributed by atoms with Gasteiger partial charge in [0.15, 0.2) is 0 Å². The summed E-state index contributed by atoms with van der Waals surface area (Å²) in [6.07, 6.45) is 1.12. The molecule has 1 aromatic heterocycles. The van der Waals surface area contributed by atoms with E-state index < -0.39 is 0 Å². The molecule has 5 nitrogen and oxygen atoms in total. The molecule has 0 bridgehead atoms. The fourth-order valence-corrected chi connectivity index (χ4v) is 3.08. The van der Waals surface area contributed by atoms with Crippen LogP contribution in [0.15, 0.2) is 24.3 Å². The third kappa shape index (κ3) is 3.04. The van der Waals surface area contributed by atoms with Crippen LogP contribution in [0, 0.1) is 13.8 Å². The molecule has 0 unspecified atom stereocenters. The molecule has 1 fully saturated rings. The standard InChI is InChI=1S/C17H22N4O/c1-11-8-12(2)17(15(22)9-11)14-4-5-16(20-19-14)18-13-6-7-21(3)10-13/h4-5,8-9,13,22H,6-7,10H2,1-3H3,(H,18,20)/t13-/m1/s1. The third-order valence-corrected chi connectivity index (χ3v) is 4.12. The first-order valence-electron chi connectivity index (χ1n) is 7.62. The Morgan fingerprint density at radius 3 is 2.64 bits per heavy atom. The van der Waals surface area contributed by atoms with E-state index in [9.17, 15) is 5.11 Å². The van der Waals surface area contributed by atoms with Crippen LogP contribution in [0.1, 0.15) is 17.5 Å². The second-order valence-corrected chi connectivity index (χ2v) is 6.17. The summed E-state index contributed by atoms with van der Waals surface area (Å²) in [4.78, 5) is 2.30. The van der Waals surface area contributed by atoms with Gasteiger partial charge in [0.2, 0.25) is 0 Å². The molecule has 22 heavy (non-hydrogen) atoms. The first-order chi connectivity index (χ1) is 10.5. The highest BCUT2D eigenvalue weighted by atomic mass is 16.3. The molecule has 1 aromatic carbocycles. The van der Waals surface area contributed by atoms with E-state index in [4.69, 9.17) is 0 Å². The molecule has 0 spiro atoms. The number of aryl methyl sites for hydroxylation is 2. The molecular formula is C17H22N4O. The van der Waals surface area contributed by atoms with E-state index in [1.54, 1.807) is 6.07 Å². The van der Waals surface area contributed by atoms with Crippen molar-refractivity contribution in [3.63, 3.8) is 0 Å². The number of aromatic hydroxyl groups is 1. The maximum atomic E-state index is 10.2.